The van der Waals surface area contributed by atoms with Crippen molar-refractivity contribution in [3.05, 3.63) is 0 Å². The first-order valence-corrected chi connectivity index (χ1v) is 10.6. The first-order chi connectivity index (χ1) is 12.0. The van der Waals surface area contributed by atoms with E-state index in [1.807, 2.05) is 0 Å². The van der Waals surface area contributed by atoms with E-state index in [0.29, 0.717) is 12.5 Å². The maximum Gasteiger partial charge on any atom is 0.239 e. The van der Waals surface area contributed by atoms with Crippen molar-refractivity contribution in [1.29, 1.82) is 0 Å². The van der Waals surface area contributed by atoms with Crippen LogP contribution in [0.2, 0.25) is 0 Å². The SMILES string of the molecule is CC1CCC(NC(=O)CNC(=O)CC23CC4CC(CC(C4)C2)C3)CC1. The molecule has 4 bridgehead atoms. The molecule has 5 fully saturated rings. The second kappa shape index (κ2) is 6.92. The molecule has 5 rings (SSSR count). The van der Waals surface area contributed by atoms with Crippen LogP contribution in [0, 0.1) is 29.1 Å². The Morgan fingerprint density at radius 1 is 0.880 bits per heavy atom. The molecule has 2 N–H and O–H groups in total. The molecule has 0 aliphatic heterocycles. The fourth-order valence-corrected chi connectivity index (χ4v) is 6.77. The molecule has 0 radical (unpaired) electrons. The molecule has 0 aromatic heterocycles. The highest BCUT2D eigenvalue weighted by atomic mass is 16.2. The van der Waals surface area contributed by atoms with E-state index in [1.165, 1.54) is 51.4 Å². The smallest absolute Gasteiger partial charge is 0.239 e. The lowest BCUT2D eigenvalue weighted by atomic mass is 9.49. The van der Waals surface area contributed by atoms with Crippen LogP contribution in [-0.2, 0) is 9.59 Å². The van der Waals surface area contributed by atoms with Crippen molar-refractivity contribution in [2.45, 2.75) is 83.6 Å². The van der Waals surface area contributed by atoms with Crippen LogP contribution in [-0.4, -0.2) is 24.4 Å². The van der Waals surface area contributed by atoms with Crippen LogP contribution in [0.3, 0.4) is 0 Å². The van der Waals surface area contributed by atoms with E-state index in [1.54, 1.807) is 0 Å². The van der Waals surface area contributed by atoms with Gasteiger partial charge in [-0.15, -0.1) is 0 Å². The van der Waals surface area contributed by atoms with E-state index >= 15 is 0 Å². The van der Waals surface area contributed by atoms with Crippen LogP contribution in [0.25, 0.3) is 0 Å². The monoisotopic (exact) mass is 346 g/mol. The van der Waals surface area contributed by atoms with Crippen molar-refractivity contribution < 1.29 is 9.59 Å². The van der Waals surface area contributed by atoms with Gasteiger partial charge in [-0.25, -0.2) is 0 Å². The minimum absolute atomic E-state index is 0.0154. The van der Waals surface area contributed by atoms with Crippen molar-refractivity contribution in [3.8, 4) is 0 Å². The Kier molecular flexibility index (Phi) is 4.81. The zero-order chi connectivity index (χ0) is 17.4. The van der Waals surface area contributed by atoms with Crippen molar-refractivity contribution in [3.63, 3.8) is 0 Å². The molecule has 25 heavy (non-hydrogen) atoms. The highest BCUT2D eigenvalue weighted by Gasteiger charge is 2.51. The zero-order valence-electron chi connectivity index (χ0n) is 15.7. The predicted octanol–water partition coefficient (Wildman–Crippen LogP) is 3.40. The van der Waals surface area contributed by atoms with Crippen LogP contribution >= 0.6 is 0 Å². The summed E-state index contributed by atoms with van der Waals surface area (Å²) in [6.45, 7) is 2.43. The molecule has 0 atom stereocenters. The molecule has 5 aliphatic carbocycles. The number of carbonyl (C=O) groups is 2. The quantitative estimate of drug-likeness (QED) is 0.801. The summed E-state index contributed by atoms with van der Waals surface area (Å²) in [5.41, 5.74) is 0.259. The van der Waals surface area contributed by atoms with Gasteiger partial charge in [0, 0.05) is 12.5 Å². The summed E-state index contributed by atoms with van der Waals surface area (Å²) in [4.78, 5) is 24.6. The highest BCUT2D eigenvalue weighted by molar-refractivity contribution is 5.85. The fourth-order valence-electron chi connectivity index (χ4n) is 6.77. The third-order valence-electron chi connectivity index (χ3n) is 7.53. The Bertz CT molecular complexity index is 487. The van der Waals surface area contributed by atoms with E-state index in [2.05, 4.69) is 17.6 Å². The van der Waals surface area contributed by atoms with Gasteiger partial charge in [-0.05, 0) is 93.3 Å². The van der Waals surface area contributed by atoms with Gasteiger partial charge in [-0.1, -0.05) is 6.92 Å². The molecule has 0 spiro atoms. The third kappa shape index (κ3) is 4.03. The molecule has 0 unspecified atom stereocenters. The first-order valence-electron chi connectivity index (χ1n) is 10.6. The van der Waals surface area contributed by atoms with Crippen molar-refractivity contribution in [2.75, 3.05) is 6.54 Å². The van der Waals surface area contributed by atoms with Crippen LogP contribution in [0.4, 0.5) is 0 Å². The van der Waals surface area contributed by atoms with Crippen LogP contribution in [0.1, 0.15) is 77.6 Å². The summed E-state index contributed by atoms with van der Waals surface area (Å²) >= 11 is 0. The lowest BCUT2D eigenvalue weighted by Gasteiger charge is -2.56. The minimum atomic E-state index is -0.0154. The fraction of sp³-hybridized carbons (Fsp3) is 0.905. The summed E-state index contributed by atoms with van der Waals surface area (Å²) < 4.78 is 0. The summed E-state index contributed by atoms with van der Waals surface area (Å²) in [7, 11) is 0. The van der Waals surface area contributed by atoms with Crippen molar-refractivity contribution in [2.24, 2.45) is 29.1 Å². The Hall–Kier alpha value is -1.06. The lowest BCUT2D eigenvalue weighted by Crippen LogP contribution is -2.49. The van der Waals surface area contributed by atoms with Gasteiger partial charge in [0.2, 0.25) is 11.8 Å². The Morgan fingerprint density at radius 3 is 2.00 bits per heavy atom. The number of carbonyl (C=O) groups excluding carboxylic acids is 2. The standard InChI is InChI=1S/C21H34N2O2/c1-14-2-4-18(5-3-14)23-20(25)13-22-19(24)12-21-9-15-6-16(10-21)8-17(7-15)11-21/h14-18H,2-13H2,1H3,(H,22,24)(H,23,25). The van der Waals surface area contributed by atoms with E-state index in [0.717, 1.165) is 36.5 Å². The zero-order valence-corrected chi connectivity index (χ0v) is 15.7. The number of nitrogens with one attached hydrogen (secondary N) is 2. The Morgan fingerprint density at radius 2 is 1.44 bits per heavy atom. The largest absolute Gasteiger partial charge is 0.352 e. The highest BCUT2D eigenvalue weighted by Crippen LogP contribution is 2.61. The second-order valence-electron chi connectivity index (χ2n) is 9.90. The molecule has 5 saturated carbocycles. The molecular formula is C21H34N2O2. The molecular weight excluding hydrogens is 312 g/mol. The summed E-state index contributed by atoms with van der Waals surface area (Å²) in [6.07, 6.45) is 13.2. The summed E-state index contributed by atoms with van der Waals surface area (Å²) in [5.74, 6) is 3.48. The maximum absolute atomic E-state index is 12.5. The van der Waals surface area contributed by atoms with Gasteiger partial charge in [0.25, 0.3) is 0 Å². The van der Waals surface area contributed by atoms with Crippen molar-refractivity contribution in [1.82, 2.24) is 10.6 Å². The van der Waals surface area contributed by atoms with Crippen LogP contribution < -0.4 is 10.6 Å². The van der Waals surface area contributed by atoms with Gasteiger partial charge in [-0.3, -0.25) is 9.59 Å². The van der Waals surface area contributed by atoms with Crippen molar-refractivity contribution >= 4 is 11.8 Å². The molecule has 5 aliphatic rings. The predicted molar refractivity (Wildman–Crippen MR) is 97.8 cm³/mol. The van der Waals surface area contributed by atoms with E-state index in [-0.39, 0.29) is 23.8 Å². The minimum Gasteiger partial charge on any atom is -0.352 e. The van der Waals surface area contributed by atoms with E-state index < -0.39 is 0 Å². The Balaban J connectivity index is 1.21. The second-order valence-corrected chi connectivity index (χ2v) is 9.90. The lowest BCUT2D eigenvalue weighted by molar-refractivity contribution is -0.132. The average Bonchev–Trinajstić information content (AvgIpc) is 2.53. The number of hydrogen-bond acceptors (Lipinski definition) is 2. The van der Waals surface area contributed by atoms with Crippen LogP contribution in [0.5, 0.6) is 0 Å². The molecule has 0 heterocycles. The maximum atomic E-state index is 12.5. The molecule has 4 nitrogen and oxygen atoms in total. The normalized spacial score (nSPS) is 42.2. The molecule has 4 heteroatoms. The average molecular weight is 347 g/mol. The molecule has 0 saturated heterocycles. The van der Waals surface area contributed by atoms with E-state index in [4.69, 9.17) is 0 Å². The van der Waals surface area contributed by atoms with Gasteiger partial charge in [0.1, 0.15) is 0 Å². The number of hydrogen-bond donors (Lipinski definition) is 2. The van der Waals surface area contributed by atoms with Crippen LogP contribution in [0.15, 0.2) is 0 Å². The van der Waals surface area contributed by atoms with E-state index in [9.17, 15) is 9.59 Å². The number of amides is 2. The summed E-state index contributed by atoms with van der Waals surface area (Å²) in [6, 6.07) is 0.309. The molecule has 0 aromatic rings. The summed E-state index contributed by atoms with van der Waals surface area (Å²) in [5, 5.41) is 6.01. The topological polar surface area (TPSA) is 58.2 Å². The van der Waals surface area contributed by atoms with Gasteiger partial charge < -0.3 is 10.6 Å². The third-order valence-corrected chi connectivity index (χ3v) is 7.53. The molecule has 0 aromatic carbocycles. The van der Waals surface area contributed by atoms with Gasteiger partial charge >= 0.3 is 0 Å². The Labute approximate surface area is 151 Å². The molecule has 140 valence electrons. The van der Waals surface area contributed by atoms with Gasteiger partial charge in [-0.2, -0.15) is 0 Å². The first kappa shape index (κ1) is 17.4. The number of rotatable bonds is 5. The van der Waals surface area contributed by atoms with Gasteiger partial charge in [0.05, 0.1) is 6.54 Å². The molecule has 2 amide bonds. The van der Waals surface area contributed by atoms with Gasteiger partial charge in [0.15, 0.2) is 0 Å².